The number of hydrogen-bond acceptors (Lipinski definition) is 2. The lowest BCUT2D eigenvalue weighted by Crippen LogP contribution is -1.98. The molecule has 0 aliphatic heterocycles. The minimum absolute atomic E-state index is 0.300. The molecule has 0 amide bonds. The predicted octanol–water partition coefficient (Wildman–Crippen LogP) is 4.47. The molecule has 1 saturated carbocycles. The van der Waals surface area contributed by atoms with E-state index in [1.165, 1.54) is 6.07 Å². The van der Waals surface area contributed by atoms with E-state index in [-0.39, 0.29) is 0 Å². The van der Waals surface area contributed by atoms with Gasteiger partial charge in [-0.1, -0.05) is 0 Å². The molecule has 6 heteroatoms. The van der Waals surface area contributed by atoms with Gasteiger partial charge in [-0.25, -0.2) is 13.8 Å². The van der Waals surface area contributed by atoms with Gasteiger partial charge in [-0.05, 0) is 34.8 Å². The van der Waals surface area contributed by atoms with Gasteiger partial charge in [0.05, 0.1) is 11.0 Å². The first-order valence-corrected chi connectivity index (χ1v) is 7.40. The van der Waals surface area contributed by atoms with Crippen LogP contribution in [-0.4, -0.2) is 14.5 Å². The quantitative estimate of drug-likeness (QED) is 0.683. The number of rotatable bonds is 2. The number of nitrogens with zero attached hydrogens (tertiary/aromatic N) is 3. The third-order valence-electron chi connectivity index (χ3n) is 3.61. The third kappa shape index (κ3) is 2.14. The number of benzene rings is 1. The largest absolute Gasteiger partial charge is 0.321 e. The van der Waals surface area contributed by atoms with Gasteiger partial charge < -0.3 is 4.57 Å². The molecular formula is C15H10BrF2N3. The highest BCUT2D eigenvalue weighted by Crippen LogP contribution is 2.41. The minimum atomic E-state index is -0.873. The third-order valence-corrected chi connectivity index (χ3v) is 4.04. The maximum Gasteiger partial charge on any atom is 0.161 e. The fraction of sp³-hybridized carbons (Fsp3) is 0.200. The lowest BCUT2D eigenvalue weighted by atomic mass is 10.2. The number of aromatic nitrogens is 3. The zero-order valence-electron chi connectivity index (χ0n) is 10.9. The summed E-state index contributed by atoms with van der Waals surface area (Å²) in [5.41, 5.74) is 1.93. The monoisotopic (exact) mass is 349 g/mol. The molecule has 1 fully saturated rings. The van der Waals surface area contributed by atoms with Crippen molar-refractivity contribution in [3.8, 4) is 11.4 Å². The Morgan fingerprint density at radius 1 is 1.10 bits per heavy atom. The van der Waals surface area contributed by atoms with Gasteiger partial charge >= 0.3 is 0 Å². The van der Waals surface area contributed by atoms with Gasteiger partial charge in [0.15, 0.2) is 11.6 Å². The Balaban J connectivity index is 2.02. The smallest absolute Gasteiger partial charge is 0.161 e. The van der Waals surface area contributed by atoms with E-state index in [9.17, 15) is 8.78 Å². The lowest BCUT2D eigenvalue weighted by Gasteiger charge is -2.07. The highest BCUT2D eigenvalue weighted by molar-refractivity contribution is 9.10. The van der Waals surface area contributed by atoms with Crippen LogP contribution in [0.4, 0.5) is 8.78 Å². The first-order chi connectivity index (χ1) is 10.1. The van der Waals surface area contributed by atoms with Crippen LogP contribution in [0.5, 0.6) is 0 Å². The Morgan fingerprint density at radius 3 is 2.57 bits per heavy atom. The number of halogens is 3. The fourth-order valence-electron chi connectivity index (χ4n) is 2.53. The Bertz CT molecular complexity index is 855. The number of fused-ring (bicyclic) bond motifs is 1. The molecule has 0 bridgehead atoms. The van der Waals surface area contributed by atoms with E-state index in [0.29, 0.717) is 22.9 Å². The van der Waals surface area contributed by atoms with Crippen molar-refractivity contribution >= 4 is 27.0 Å². The summed E-state index contributed by atoms with van der Waals surface area (Å²) in [5.74, 6) is -1.02. The zero-order chi connectivity index (χ0) is 14.6. The molecule has 0 N–H and O–H groups in total. The van der Waals surface area contributed by atoms with Crippen molar-refractivity contribution in [1.82, 2.24) is 14.5 Å². The summed E-state index contributed by atoms with van der Waals surface area (Å²) in [4.78, 5) is 8.62. The second kappa shape index (κ2) is 4.59. The highest BCUT2D eigenvalue weighted by Gasteiger charge is 2.29. The van der Waals surface area contributed by atoms with E-state index < -0.39 is 11.6 Å². The number of hydrogen-bond donors (Lipinski definition) is 0. The average Bonchev–Trinajstić information content (AvgIpc) is 3.22. The molecule has 0 spiro atoms. The summed E-state index contributed by atoms with van der Waals surface area (Å²) in [6.45, 7) is 0. The Labute approximate surface area is 127 Å². The second-order valence-corrected chi connectivity index (χ2v) is 6.10. The summed E-state index contributed by atoms with van der Waals surface area (Å²) in [6, 6.07) is 4.58. The molecule has 2 heterocycles. The van der Waals surface area contributed by atoms with Gasteiger partial charge in [0, 0.05) is 40.6 Å². The standard InChI is InChI=1S/C15H10BrF2N3/c16-9-3-8(6-19-7-9)15-20-13-4-11(17)12(18)5-14(13)21(15)10-1-2-10/h3-7,10H,1-2H2. The van der Waals surface area contributed by atoms with Crippen LogP contribution in [0.25, 0.3) is 22.4 Å². The van der Waals surface area contributed by atoms with Gasteiger partial charge in [-0.3, -0.25) is 4.98 Å². The van der Waals surface area contributed by atoms with Gasteiger partial charge in [0.2, 0.25) is 0 Å². The van der Waals surface area contributed by atoms with Crippen LogP contribution >= 0.6 is 15.9 Å². The van der Waals surface area contributed by atoms with Crippen LogP contribution in [0.2, 0.25) is 0 Å². The van der Waals surface area contributed by atoms with E-state index in [1.54, 1.807) is 12.4 Å². The first kappa shape index (κ1) is 12.9. The fourth-order valence-corrected chi connectivity index (χ4v) is 2.90. The molecule has 3 nitrogen and oxygen atoms in total. The zero-order valence-corrected chi connectivity index (χ0v) is 12.4. The van der Waals surface area contributed by atoms with Crippen LogP contribution in [0.1, 0.15) is 18.9 Å². The number of pyridine rings is 1. The molecule has 1 aromatic carbocycles. The summed E-state index contributed by atoms with van der Waals surface area (Å²) in [7, 11) is 0. The number of imidazole rings is 1. The van der Waals surface area contributed by atoms with E-state index in [2.05, 4.69) is 25.9 Å². The molecule has 0 unspecified atom stereocenters. The highest BCUT2D eigenvalue weighted by atomic mass is 79.9. The van der Waals surface area contributed by atoms with Gasteiger partial charge in [0.25, 0.3) is 0 Å². The maximum absolute atomic E-state index is 13.6. The van der Waals surface area contributed by atoms with Crippen molar-refractivity contribution in [2.24, 2.45) is 0 Å². The maximum atomic E-state index is 13.6. The molecule has 0 atom stereocenters. The van der Waals surface area contributed by atoms with Gasteiger partial charge in [-0.15, -0.1) is 0 Å². The molecule has 21 heavy (non-hydrogen) atoms. The molecule has 0 saturated heterocycles. The van der Waals surface area contributed by atoms with Crippen molar-refractivity contribution in [3.05, 3.63) is 46.7 Å². The Kier molecular flexibility index (Phi) is 2.82. The van der Waals surface area contributed by atoms with Crippen molar-refractivity contribution in [1.29, 1.82) is 0 Å². The minimum Gasteiger partial charge on any atom is -0.321 e. The van der Waals surface area contributed by atoms with Gasteiger partial charge in [-0.2, -0.15) is 0 Å². The molecule has 3 aromatic rings. The van der Waals surface area contributed by atoms with E-state index >= 15 is 0 Å². The van der Waals surface area contributed by atoms with E-state index in [0.717, 1.165) is 28.9 Å². The molecule has 106 valence electrons. The van der Waals surface area contributed by atoms with Crippen molar-refractivity contribution in [3.63, 3.8) is 0 Å². The normalized spacial score (nSPS) is 14.8. The Morgan fingerprint density at radius 2 is 1.86 bits per heavy atom. The van der Waals surface area contributed by atoms with Crippen LogP contribution in [0.3, 0.4) is 0 Å². The SMILES string of the molecule is Fc1cc2nc(-c3cncc(Br)c3)n(C3CC3)c2cc1F. The van der Waals surface area contributed by atoms with Crippen molar-refractivity contribution in [2.75, 3.05) is 0 Å². The lowest BCUT2D eigenvalue weighted by molar-refractivity contribution is 0.510. The van der Waals surface area contributed by atoms with Gasteiger partial charge in [0.1, 0.15) is 5.82 Å². The van der Waals surface area contributed by atoms with Crippen LogP contribution in [0, 0.1) is 11.6 Å². The van der Waals surface area contributed by atoms with Crippen LogP contribution < -0.4 is 0 Å². The van der Waals surface area contributed by atoms with Crippen LogP contribution in [-0.2, 0) is 0 Å². The molecule has 1 aliphatic carbocycles. The molecule has 2 aromatic heterocycles. The summed E-state index contributed by atoms with van der Waals surface area (Å²) >= 11 is 3.38. The molecule has 4 rings (SSSR count). The summed E-state index contributed by atoms with van der Waals surface area (Å²) in [5, 5.41) is 0. The summed E-state index contributed by atoms with van der Waals surface area (Å²) < 4.78 is 29.8. The molecule has 0 radical (unpaired) electrons. The molecule has 1 aliphatic rings. The predicted molar refractivity (Wildman–Crippen MR) is 78.9 cm³/mol. The van der Waals surface area contributed by atoms with Crippen LogP contribution in [0.15, 0.2) is 35.1 Å². The summed E-state index contributed by atoms with van der Waals surface area (Å²) in [6.07, 6.45) is 5.45. The second-order valence-electron chi connectivity index (χ2n) is 5.18. The Hall–Kier alpha value is -1.82. The van der Waals surface area contributed by atoms with E-state index in [1.807, 2.05) is 10.6 Å². The first-order valence-electron chi connectivity index (χ1n) is 6.61. The molecular weight excluding hydrogens is 340 g/mol. The van der Waals surface area contributed by atoms with Crippen molar-refractivity contribution < 1.29 is 8.78 Å². The van der Waals surface area contributed by atoms with Crippen molar-refractivity contribution in [2.45, 2.75) is 18.9 Å². The topological polar surface area (TPSA) is 30.7 Å². The average molecular weight is 350 g/mol. The van der Waals surface area contributed by atoms with E-state index in [4.69, 9.17) is 0 Å².